The van der Waals surface area contributed by atoms with Crippen LogP contribution in [0.2, 0.25) is 5.02 Å². The summed E-state index contributed by atoms with van der Waals surface area (Å²) in [7, 11) is 1.57. The summed E-state index contributed by atoms with van der Waals surface area (Å²) >= 11 is 7.40. The van der Waals surface area contributed by atoms with E-state index in [0.717, 1.165) is 16.3 Å². The summed E-state index contributed by atoms with van der Waals surface area (Å²) in [4.78, 5) is 27.9. The number of methoxy groups -OCH3 is 1. The second kappa shape index (κ2) is 9.17. The molecule has 3 rings (SSSR count). The first-order chi connectivity index (χ1) is 14.0. The Morgan fingerprint density at radius 2 is 2.14 bits per heavy atom. The number of rotatable bonds is 7. The van der Waals surface area contributed by atoms with Crippen LogP contribution in [0, 0.1) is 10.1 Å². The van der Waals surface area contributed by atoms with E-state index >= 15 is 0 Å². The second-order valence-electron chi connectivity index (χ2n) is 5.88. The van der Waals surface area contributed by atoms with E-state index in [2.05, 4.69) is 4.99 Å². The SMILES string of the molecule is CCOCCn1c(=NC(=O)c2cc([N+](=O)[O-])ccc2Cl)sc2cccc(OC)c21. The molecule has 29 heavy (non-hydrogen) atoms. The molecule has 0 atom stereocenters. The number of hydrogen-bond donors (Lipinski definition) is 0. The quantitative estimate of drug-likeness (QED) is 0.317. The highest BCUT2D eigenvalue weighted by Crippen LogP contribution is 2.28. The number of nitrogens with zero attached hydrogens (tertiary/aromatic N) is 3. The minimum Gasteiger partial charge on any atom is -0.495 e. The smallest absolute Gasteiger partial charge is 0.281 e. The zero-order chi connectivity index (χ0) is 21.0. The van der Waals surface area contributed by atoms with Crippen molar-refractivity contribution in [1.29, 1.82) is 0 Å². The molecule has 10 heteroatoms. The lowest BCUT2D eigenvalue weighted by atomic mass is 10.2. The molecule has 0 saturated carbocycles. The number of halogens is 1. The maximum Gasteiger partial charge on any atom is 0.281 e. The van der Waals surface area contributed by atoms with Gasteiger partial charge in [-0.15, -0.1) is 0 Å². The van der Waals surface area contributed by atoms with Crippen LogP contribution in [0.25, 0.3) is 10.2 Å². The molecular weight excluding hydrogens is 418 g/mol. The van der Waals surface area contributed by atoms with E-state index in [-0.39, 0.29) is 16.3 Å². The van der Waals surface area contributed by atoms with E-state index in [4.69, 9.17) is 21.1 Å². The molecule has 0 unspecified atom stereocenters. The van der Waals surface area contributed by atoms with Gasteiger partial charge in [-0.05, 0) is 25.1 Å². The van der Waals surface area contributed by atoms with E-state index in [9.17, 15) is 14.9 Å². The minimum absolute atomic E-state index is 0.0263. The zero-order valence-electron chi connectivity index (χ0n) is 15.8. The molecule has 152 valence electrons. The predicted octanol–water partition coefficient (Wildman–Crippen LogP) is 4.05. The third-order valence-electron chi connectivity index (χ3n) is 4.14. The highest BCUT2D eigenvalue weighted by atomic mass is 35.5. The summed E-state index contributed by atoms with van der Waals surface area (Å²) in [6, 6.07) is 9.28. The molecule has 1 amide bonds. The molecule has 0 bridgehead atoms. The highest BCUT2D eigenvalue weighted by Gasteiger charge is 2.17. The minimum atomic E-state index is -0.658. The Labute approximate surface area is 175 Å². The number of para-hydroxylation sites is 1. The summed E-state index contributed by atoms with van der Waals surface area (Å²) in [5, 5.41) is 11.1. The van der Waals surface area contributed by atoms with Crippen molar-refractivity contribution in [3.05, 3.63) is 61.9 Å². The van der Waals surface area contributed by atoms with E-state index in [1.807, 2.05) is 29.7 Å². The van der Waals surface area contributed by atoms with Gasteiger partial charge in [0.05, 0.1) is 33.9 Å². The number of hydrogen-bond acceptors (Lipinski definition) is 6. The lowest BCUT2D eigenvalue weighted by Crippen LogP contribution is -2.20. The Balaban J connectivity index is 2.14. The van der Waals surface area contributed by atoms with Crippen molar-refractivity contribution in [1.82, 2.24) is 4.57 Å². The Hall–Kier alpha value is -2.75. The van der Waals surface area contributed by atoms with Gasteiger partial charge in [-0.1, -0.05) is 29.0 Å². The van der Waals surface area contributed by atoms with E-state index in [0.29, 0.717) is 30.3 Å². The van der Waals surface area contributed by atoms with E-state index < -0.39 is 10.8 Å². The van der Waals surface area contributed by atoms with Crippen LogP contribution in [0.1, 0.15) is 17.3 Å². The van der Waals surface area contributed by atoms with Crippen LogP contribution < -0.4 is 9.54 Å². The van der Waals surface area contributed by atoms with Crippen molar-refractivity contribution in [2.75, 3.05) is 20.3 Å². The van der Waals surface area contributed by atoms with Crippen LogP contribution in [0.3, 0.4) is 0 Å². The maximum atomic E-state index is 12.8. The fourth-order valence-electron chi connectivity index (χ4n) is 2.79. The first kappa shape index (κ1) is 21.0. The molecular formula is C19H18ClN3O5S. The van der Waals surface area contributed by atoms with Gasteiger partial charge in [0, 0.05) is 25.3 Å². The summed E-state index contributed by atoms with van der Waals surface area (Å²) in [5.74, 6) is -0.00749. The standard InChI is InChI=1S/C19H18ClN3O5S/c1-3-28-10-9-22-17-15(27-2)5-4-6-16(17)29-19(22)21-18(24)13-11-12(23(25)26)7-8-14(13)20/h4-8,11H,3,9-10H2,1-2H3. The average molecular weight is 436 g/mol. The highest BCUT2D eigenvalue weighted by molar-refractivity contribution is 7.16. The van der Waals surface area contributed by atoms with E-state index in [1.54, 1.807) is 7.11 Å². The Morgan fingerprint density at radius 1 is 1.34 bits per heavy atom. The molecule has 0 saturated heterocycles. The van der Waals surface area contributed by atoms with Crippen LogP contribution in [-0.2, 0) is 11.3 Å². The molecule has 3 aromatic rings. The molecule has 0 radical (unpaired) electrons. The third kappa shape index (κ3) is 4.47. The largest absolute Gasteiger partial charge is 0.495 e. The number of nitro groups is 1. The summed E-state index contributed by atoms with van der Waals surface area (Å²) in [6.07, 6.45) is 0. The van der Waals surface area contributed by atoms with Crippen LogP contribution in [-0.4, -0.2) is 35.7 Å². The molecule has 0 aliphatic heterocycles. The summed E-state index contributed by atoms with van der Waals surface area (Å²) in [5.41, 5.74) is 0.549. The van der Waals surface area contributed by atoms with Crippen molar-refractivity contribution in [2.45, 2.75) is 13.5 Å². The molecule has 0 fully saturated rings. The molecule has 2 aromatic carbocycles. The number of fused-ring (bicyclic) bond motifs is 1. The van der Waals surface area contributed by atoms with Crippen LogP contribution in [0.15, 0.2) is 41.4 Å². The van der Waals surface area contributed by atoms with Crippen molar-refractivity contribution in [2.24, 2.45) is 4.99 Å². The van der Waals surface area contributed by atoms with Gasteiger partial charge in [-0.25, -0.2) is 0 Å². The number of ether oxygens (including phenoxy) is 2. The number of nitro benzene ring substituents is 1. The Morgan fingerprint density at radius 3 is 2.83 bits per heavy atom. The molecule has 1 aromatic heterocycles. The van der Waals surface area contributed by atoms with Gasteiger partial charge >= 0.3 is 0 Å². The van der Waals surface area contributed by atoms with Crippen molar-refractivity contribution < 1.29 is 19.2 Å². The molecule has 0 aliphatic carbocycles. The molecule has 8 nitrogen and oxygen atoms in total. The number of carbonyl (C=O) groups is 1. The predicted molar refractivity (Wildman–Crippen MR) is 111 cm³/mol. The Kier molecular flexibility index (Phi) is 6.63. The Bertz CT molecular complexity index is 1140. The van der Waals surface area contributed by atoms with Crippen molar-refractivity contribution in [3.8, 4) is 5.75 Å². The zero-order valence-corrected chi connectivity index (χ0v) is 17.3. The summed E-state index contributed by atoms with van der Waals surface area (Å²) < 4.78 is 13.6. The molecule has 0 aliphatic rings. The molecule has 0 N–H and O–H groups in total. The van der Waals surface area contributed by atoms with Crippen molar-refractivity contribution in [3.63, 3.8) is 0 Å². The van der Waals surface area contributed by atoms with Crippen LogP contribution in [0.4, 0.5) is 5.69 Å². The van der Waals surface area contributed by atoms with E-state index in [1.165, 1.54) is 23.5 Å². The van der Waals surface area contributed by atoms with Crippen LogP contribution in [0.5, 0.6) is 5.75 Å². The normalized spacial score (nSPS) is 11.8. The fourth-order valence-corrected chi connectivity index (χ4v) is 4.06. The maximum absolute atomic E-state index is 12.8. The lowest BCUT2D eigenvalue weighted by Gasteiger charge is -2.08. The van der Waals surface area contributed by atoms with Gasteiger partial charge < -0.3 is 14.0 Å². The van der Waals surface area contributed by atoms with Gasteiger partial charge in [0.2, 0.25) is 0 Å². The van der Waals surface area contributed by atoms with Crippen molar-refractivity contribution >= 4 is 44.7 Å². The molecule has 0 spiro atoms. The number of carbonyl (C=O) groups excluding carboxylic acids is 1. The second-order valence-corrected chi connectivity index (χ2v) is 7.29. The number of non-ortho nitro benzene ring substituents is 1. The first-order valence-corrected chi connectivity index (χ1v) is 9.92. The molecule has 1 heterocycles. The third-order valence-corrected chi connectivity index (χ3v) is 5.51. The number of amides is 1. The van der Waals surface area contributed by atoms with Gasteiger partial charge in [0.25, 0.3) is 11.6 Å². The van der Waals surface area contributed by atoms with Gasteiger partial charge in [0.15, 0.2) is 4.80 Å². The summed E-state index contributed by atoms with van der Waals surface area (Å²) in [6.45, 7) is 3.35. The first-order valence-electron chi connectivity index (χ1n) is 8.73. The number of benzene rings is 2. The van der Waals surface area contributed by atoms with Gasteiger partial charge in [-0.2, -0.15) is 4.99 Å². The fraction of sp³-hybridized carbons (Fsp3) is 0.263. The average Bonchev–Trinajstić information content (AvgIpc) is 3.05. The number of thiazole rings is 1. The van der Waals surface area contributed by atoms with Crippen LogP contribution >= 0.6 is 22.9 Å². The van der Waals surface area contributed by atoms with Gasteiger partial charge in [-0.3, -0.25) is 14.9 Å². The lowest BCUT2D eigenvalue weighted by molar-refractivity contribution is -0.384. The van der Waals surface area contributed by atoms with Gasteiger partial charge in [0.1, 0.15) is 11.3 Å². The topological polar surface area (TPSA) is 96.0 Å². The number of aromatic nitrogens is 1. The monoisotopic (exact) mass is 435 g/mol.